The highest BCUT2D eigenvalue weighted by Crippen LogP contribution is 2.24. The van der Waals surface area contributed by atoms with Gasteiger partial charge in [-0.2, -0.15) is 0 Å². The minimum absolute atomic E-state index is 0.0425. The topological polar surface area (TPSA) is 87.6 Å². The number of benzene rings is 1. The fourth-order valence-corrected chi connectivity index (χ4v) is 4.32. The van der Waals surface area contributed by atoms with Gasteiger partial charge in [-0.25, -0.2) is 19.9 Å². The first-order chi connectivity index (χ1) is 16.2. The van der Waals surface area contributed by atoms with Crippen LogP contribution in [0.4, 0.5) is 11.6 Å². The van der Waals surface area contributed by atoms with E-state index in [2.05, 4.69) is 29.7 Å². The van der Waals surface area contributed by atoms with Crippen LogP contribution in [-0.2, 0) is 0 Å². The summed E-state index contributed by atoms with van der Waals surface area (Å²) < 4.78 is 5.23. The summed E-state index contributed by atoms with van der Waals surface area (Å²) in [5, 5.41) is 0. The van der Waals surface area contributed by atoms with Crippen LogP contribution in [0.15, 0.2) is 49.1 Å². The molecular formula is C24H27N7O2. The molecular weight excluding hydrogens is 418 g/mol. The average Bonchev–Trinajstić information content (AvgIpc) is 3.44. The molecule has 2 fully saturated rings. The van der Waals surface area contributed by atoms with Crippen LogP contribution in [0.3, 0.4) is 0 Å². The van der Waals surface area contributed by atoms with Crippen molar-refractivity contribution < 1.29 is 9.53 Å². The third-order valence-electron chi connectivity index (χ3n) is 6.23. The van der Waals surface area contributed by atoms with Gasteiger partial charge in [-0.05, 0) is 37.1 Å². The Bertz CT molecular complexity index is 1110. The summed E-state index contributed by atoms with van der Waals surface area (Å²) in [6.45, 7) is 4.61. The first-order valence-corrected chi connectivity index (χ1v) is 11.3. The number of carbonyl (C=O) groups is 1. The van der Waals surface area contributed by atoms with Crippen molar-refractivity contribution >= 4 is 17.5 Å². The Hall–Kier alpha value is -3.75. The summed E-state index contributed by atoms with van der Waals surface area (Å²) in [4.78, 5) is 36.8. The Morgan fingerprint density at radius 2 is 1.42 bits per heavy atom. The van der Waals surface area contributed by atoms with E-state index in [1.54, 1.807) is 13.4 Å². The molecule has 0 N–H and O–H groups in total. The van der Waals surface area contributed by atoms with Gasteiger partial charge in [-0.3, -0.25) is 4.79 Å². The molecule has 0 aliphatic carbocycles. The normalized spacial score (nSPS) is 16.2. The molecule has 5 rings (SSSR count). The molecule has 9 nitrogen and oxygen atoms in total. The Morgan fingerprint density at radius 1 is 0.788 bits per heavy atom. The lowest BCUT2D eigenvalue weighted by Crippen LogP contribution is -2.49. The number of hydrogen-bond acceptors (Lipinski definition) is 8. The standard InChI is InChI=1S/C24H27N7O2/c1-33-19-6-4-18(5-7-19)20-14-22(27-16-25-20)30-10-12-31(13-11-30)24(32)21-15-23(28-17-26-21)29-8-2-3-9-29/h4-7,14-17H,2-3,8-13H2,1H3. The Morgan fingerprint density at radius 3 is 2.12 bits per heavy atom. The number of rotatable bonds is 5. The summed E-state index contributed by atoms with van der Waals surface area (Å²) in [5.41, 5.74) is 2.33. The van der Waals surface area contributed by atoms with Gasteiger partial charge in [0.2, 0.25) is 0 Å². The molecule has 0 bridgehead atoms. The van der Waals surface area contributed by atoms with Crippen LogP contribution < -0.4 is 14.5 Å². The predicted octanol–water partition coefficient (Wildman–Crippen LogP) is 2.50. The number of carbonyl (C=O) groups excluding carboxylic acids is 1. The fraction of sp³-hybridized carbons (Fsp3) is 0.375. The number of anilines is 2. The molecule has 1 amide bonds. The van der Waals surface area contributed by atoms with Crippen LogP contribution in [0.25, 0.3) is 11.3 Å². The van der Waals surface area contributed by atoms with E-state index in [-0.39, 0.29) is 5.91 Å². The summed E-state index contributed by atoms with van der Waals surface area (Å²) in [5.74, 6) is 2.47. The van der Waals surface area contributed by atoms with Crippen LogP contribution in [0.2, 0.25) is 0 Å². The number of amides is 1. The zero-order chi connectivity index (χ0) is 22.6. The lowest BCUT2D eigenvalue weighted by atomic mass is 10.1. The van der Waals surface area contributed by atoms with E-state index < -0.39 is 0 Å². The maximum absolute atomic E-state index is 13.1. The van der Waals surface area contributed by atoms with Gasteiger partial charge in [-0.1, -0.05) is 0 Å². The summed E-state index contributed by atoms with van der Waals surface area (Å²) >= 11 is 0. The van der Waals surface area contributed by atoms with Gasteiger partial charge in [0, 0.05) is 57.0 Å². The molecule has 0 unspecified atom stereocenters. The largest absolute Gasteiger partial charge is 0.497 e. The summed E-state index contributed by atoms with van der Waals surface area (Å²) in [7, 11) is 1.65. The van der Waals surface area contributed by atoms with Gasteiger partial charge in [0.15, 0.2) is 0 Å². The second-order valence-electron chi connectivity index (χ2n) is 8.22. The molecule has 2 aliphatic heterocycles. The van der Waals surface area contributed by atoms with E-state index >= 15 is 0 Å². The highest BCUT2D eigenvalue weighted by molar-refractivity contribution is 5.93. The van der Waals surface area contributed by atoms with Gasteiger partial charge in [0.05, 0.1) is 12.8 Å². The van der Waals surface area contributed by atoms with Crippen LogP contribution in [0, 0.1) is 0 Å². The van der Waals surface area contributed by atoms with Crippen LogP contribution >= 0.6 is 0 Å². The molecule has 4 heterocycles. The van der Waals surface area contributed by atoms with Gasteiger partial charge in [0.1, 0.15) is 35.7 Å². The number of aromatic nitrogens is 4. The molecule has 2 saturated heterocycles. The molecule has 0 atom stereocenters. The number of methoxy groups -OCH3 is 1. The number of hydrogen-bond donors (Lipinski definition) is 0. The van der Waals surface area contributed by atoms with Gasteiger partial charge < -0.3 is 19.4 Å². The van der Waals surface area contributed by atoms with Gasteiger partial charge >= 0.3 is 0 Å². The van der Waals surface area contributed by atoms with Crippen LogP contribution in [0.5, 0.6) is 5.75 Å². The van der Waals surface area contributed by atoms with Crippen molar-refractivity contribution in [1.82, 2.24) is 24.8 Å². The SMILES string of the molecule is COc1ccc(-c2cc(N3CCN(C(=O)c4cc(N5CCCC5)ncn4)CC3)ncn2)cc1. The monoisotopic (exact) mass is 445 g/mol. The number of nitrogens with zero attached hydrogens (tertiary/aromatic N) is 7. The summed E-state index contributed by atoms with van der Waals surface area (Å²) in [6, 6.07) is 11.6. The maximum atomic E-state index is 13.1. The smallest absolute Gasteiger partial charge is 0.272 e. The van der Waals surface area contributed by atoms with Crippen molar-refractivity contribution in [2.24, 2.45) is 0 Å². The van der Waals surface area contributed by atoms with E-state index in [4.69, 9.17) is 4.74 Å². The lowest BCUT2D eigenvalue weighted by Gasteiger charge is -2.35. The zero-order valence-electron chi connectivity index (χ0n) is 18.7. The number of piperazine rings is 1. The zero-order valence-corrected chi connectivity index (χ0v) is 18.7. The van der Waals surface area contributed by atoms with E-state index in [0.29, 0.717) is 31.9 Å². The third kappa shape index (κ3) is 4.57. The average molecular weight is 446 g/mol. The molecule has 0 spiro atoms. The number of ether oxygens (including phenoxy) is 1. The second-order valence-corrected chi connectivity index (χ2v) is 8.22. The van der Waals surface area contributed by atoms with E-state index in [1.807, 2.05) is 41.3 Å². The van der Waals surface area contributed by atoms with Gasteiger partial charge in [-0.15, -0.1) is 0 Å². The van der Waals surface area contributed by atoms with Gasteiger partial charge in [0.25, 0.3) is 5.91 Å². The highest BCUT2D eigenvalue weighted by atomic mass is 16.5. The Kier molecular flexibility index (Phi) is 6.01. The van der Waals surface area contributed by atoms with Crippen molar-refractivity contribution in [3.05, 3.63) is 54.7 Å². The fourth-order valence-electron chi connectivity index (χ4n) is 4.32. The quantitative estimate of drug-likeness (QED) is 0.592. The van der Waals surface area contributed by atoms with Crippen molar-refractivity contribution in [3.63, 3.8) is 0 Å². The minimum atomic E-state index is -0.0425. The second kappa shape index (κ2) is 9.40. The van der Waals surface area contributed by atoms with Crippen molar-refractivity contribution in [2.45, 2.75) is 12.8 Å². The van der Waals surface area contributed by atoms with Crippen molar-refractivity contribution in [3.8, 4) is 17.0 Å². The molecule has 33 heavy (non-hydrogen) atoms. The van der Waals surface area contributed by atoms with E-state index in [9.17, 15) is 4.79 Å². The molecule has 3 aromatic rings. The molecule has 2 aromatic heterocycles. The highest BCUT2D eigenvalue weighted by Gasteiger charge is 2.25. The maximum Gasteiger partial charge on any atom is 0.272 e. The molecule has 0 radical (unpaired) electrons. The minimum Gasteiger partial charge on any atom is -0.497 e. The van der Waals surface area contributed by atoms with Crippen LogP contribution in [0.1, 0.15) is 23.3 Å². The molecule has 2 aliphatic rings. The first-order valence-electron chi connectivity index (χ1n) is 11.3. The van der Waals surface area contributed by atoms with Crippen molar-refractivity contribution in [2.75, 3.05) is 56.2 Å². The third-order valence-corrected chi connectivity index (χ3v) is 6.23. The van der Waals surface area contributed by atoms with Crippen molar-refractivity contribution in [1.29, 1.82) is 0 Å². The van der Waals surface area contributed by atoms with Crippen LogP contribution in [-0.4, -0.2) is 77.1 Å². The van der Waals surface area contributed by atoms with E-state index in [0.717, 1.165) is 41.7 Å². The Balaban J connectivity index is 1.24. The Labute approximate surface area is 193 Å². The summed E-state index contributed by atoms with van der Waals surface area (Å²) in [6.07, 6.45) is 5.42. The molecule has 1 aromatic carbocycles. The molecule has 9 heteroatoms. The molecule has 170 valence electrons. The predicted molar refractivity (Wildman–Crippen MR) is 126 cm³/mol. The van der Waals surface area contributed by atoms with E-state index in [1.165, 1.54) is 19.2 Å². The lowest BCUT2D eigenvalue weighted by molar-refractivity contribution is 0.0740. The molecule has 0 saturated carbocycles. The first kappa shape index (κ1) is 21.1.